The van der Waals surface area contributed by atoms with Gasteiger partial charge in [-0.2, -0.15) is 0 Å². The molecule has 0 saturated carbocycles. The minimum Gasteiger partial charge on any atom is -0.495 e. The van der Waals surface area contributed by atoms with Crippen molar-refractivity contribution in [1.29, 1.82) is 0 Å². The Morgan fingerprint density at radius 3 is 2.24 bits per heavy atom. The number of hydrogen-bond donors (Lipinski definition) is 1. The lowest BCUT2D eigenvalue weighted by Gasteiger charge is -2.41. The second-order valence-corrected chi connectivity index (χ2v) is 11.7. The summed E-state index contributed by atoms with van der Waals surface area (Å²) in [4.78, 5) is 14.0. The second kappa shape index (κ2) is 13.5. The van der Waals surface area contributed by atoms with Crippen molar-refractivity contribution in [3.8, 4) is 17.2 Å². The number of hydrogen-bond acceptors (Lipinski definition) is 8. The SMILES string of the molecule is COc1cc(C2CCN(C3CCN(C)CC3)CC2)ccc1Nc1ncc(OCc2c(Cl)c(C)cc(OC)c2Cl)cn1. The molecule has 1 N–H and O–H groups in total. The van der Waals surface area contributed by atoms with E-state index in [-0.39, 0.29) is 6.61 Å². The van der Waals surface area contributed by atoms with Crippen LogP contribution in [0.4, 0.5) is 11.6 Å². The minimum atomic E-state index is 0.165. The molecule has 0 atom stereocenters. The summed E-state index contributed by atoms with van der Waals surface area (Å²) in [5, 5.41) is 4.26. The monoisotopic (exact) mass is 599 g/mol. The van der Waals surface area contributed by atoms with Crippen molar-refractivity contribution in [2.45, 2.75) is 51.2 Å². The average Bonchev–Trinajstić information content (AvgIpc) is 3.00. The Labute approximate surface area is 252 Å². The van der Waals surface area contributed by atoms with Crippen LogP contribution in [0, 0.1) is 6.92 Å². The van der Waals surface area contributed by atoms with Gasteiger partial charge in [0.1, 0.15) is 18.1 Å². The molecular formula is C31H39Cl2N5O3. The lowest BCUT2D eigenvalue weighted by Crippen LogP contribution is -2.46. The van der Waals surface area contributed by atoms with Gasteiger partial charge >= 0.3 is 0 Å². The Hall–Kier alpha value is -2.78. The third-order valence-corrected chi connectivity index (χ3v) is 9.29. The summed E-state index contributed by atoms with van der Waals surface area (Å²) >= 11 is 12.9. The summed E-state index contributed by atoms with van der Waals surface area (Å²) in [6.07, 6.45) is 8.16. The Morgan fingerprint density at radius 2 is 1.59 bits per heavy atom. The van der Waals surface area contributed by atoms with Crippen LogP contribution in [0.1, 0.15) is 48.3 Å². The van der Waals surface area contributed by atoms with Crippen molar-refractivity contribution in [3.05, 3.63) is 63.4 Å². The van der Waals surface area contributed by atoms with E-state index in [0.29, 0.717) is 39.0 Å². The first-order valence-corrected chi connectivity index (χ1v) is 15.0. The van der Waals surface area contributed by atoms with Gasteiger partial charge in [-0.15, -0.1) is 0 Å². The third-order valence-electron chi connectivity index (χ3n) is 8.35. The maximum Gasteiger partial charge on any atom is 0.227 e. The number of aromatic nitrogens is 2. The topological polar surface area (TPSA) is 72.0 Å². The number of halogens is 2. The first-order chi connectivity index (χ1) is 19.9. The van der Waals surface area contributed by atoms with E-state index in [1.807, 2.05) is 6.92 Å². The molecule has 220 valence electrons. The number of ether oxygens (including phenoxy) is 3. The number of anilines is 2. The number of likely N-dealkylation sites (tertiary alicyclic amines) is 2. The normalized spacial score (nSPS) is 17.4. The molecule has 5 rings (SSSR count). The summed E-state index contributed by atoms with van der Waals surface area (Å²) in [7, 11) is 5.49. The summed E-state index contributed by atoms with van der Waals surface area (Å²) in [5.41, 5.74) is 3.66. The summed E-state index contributed by atoms with van der Waals surface area (Å²) < 4.78 is 17.0. The van der Waals surface area contributed by atoms with Crippen molar-refractivity contribution >= 4 is 34.8 Å². The fraction of sp³-hybridized carbons (Fsp3) is 0.484. The molecule has 2 aliphatic rings. The maximum atomic E-state index is 6.46. The molecule has 0 spiro atoms. The zero-order chi connectivity index (χ0) is 28.9. The van der Waals surface area contributed by atoms with Gasteiger partial charge in [-0.25, -0.2) is 9.97 Å². The highest BCUT2D eigenvalue weighted by molar-refractivity contribution is 6.37. The molecule has 0 aliphatic carbocycles. The van der Waals surface area contributed by atoms with Crippen LogP contribution in [-0.2, 0) is 6.61 Å². The van der Waals surface area contributed by atoms with Crippen LogP contribution in [0.15, 0.2) is 36.7 Å². The van der Waals surface area contributed by atoms with E-state index in [4.69, 9.17) is 37.4 Å². The van der Waals surface area contributed by atoms with E-state index in [1.165, 1.54) is 57.4 Å². The number of benzene rings is 2. The lowest BCUT2D eigenvalue weighted by atomic mass is 9.87. The number of nitrogens with zero attached hydrogens (tertiary/aromatic N) is 4. The predicted octanol–water partition coefficient (Wildman–Crippen LogP) is 6.71. The Balaban J connectivity index is 1.18. The number of nitrogens with one attached hydrogen (secondary N) is 1. The van der Waals surface area contributed by atoms with Crippen molar-refractivity contribution in [3.63, 3.8) is 0 Å². The molecule has 0 radical (unpaired) electrons. The Bertz CT molecular complexity index is 1320. The van der Waals surface area contributed by atoms with Crippen molar-refractivity contribution < 1.29 is 14.2 Å². The van der Waals surface area contributed by atoms with Crippen molar-refractivity contribution in [1.82, 2.24) is 19.8 Å². The fourth-order valence-electron chi connectivity index (χ4n) is 5.84. The minimum absolute atomic E-state index is 0.165. The number of aryl methyl sites for hydroxylation is 1. The van der Waals surface area contributed by atoms with E-state index in [9.17, 15) is 0 Å². The molecule has 8 nitrogen and oxygen atoms in total. The van der Waals surface area contributed by atoms with Gasteiger partial charge in [-0.05, 0) is 101 Å². The third kappa shape index (κ3) is 7.00. The van der Waals surface area contributed by atoms with E-state index >= 15 is 0 Å². The molecular weight excluding hydrogens is 561 g/mol. The van der Waals surface area contributed by atoms with Gasteiger partial charge in [-0.1, -0.05) is 29.3 Å². The molecule has 0 amide bonds. The van der Waals surface area contributed by atoms with Gasteiger partial charge in [0.15, 0.2) is 5.75 Å². The van der Waals surface area contributed by atoms with Crippen LogP contribution in [0.2, 0.25) is 10.0 Å². The van der Waals surface area contributed by atoms with Gasteiger partial charge < -0.3 is 29.3 Å². The fourth-order valence-corrected chi connectivity index (χ4v) is 6.37. The molecule has 1 aromatic heterocycles. The zero-order valence-corrected chi connectivity index (χ0v) is 25.8. The zero-order valence-electron chi connectivity index (χ0n) is 24.3. The quantitative estimate of drug-likeness (QED) is 0.291. The van der Waals surface area contributed by atoms with Crippen molar-refractivity contribution in [2.24, 2.45) is 0 Å². The lowest BCUT2D eigenvalue weighted by molar-refractivity contribution is 0.0966. The van der Waals surface area contributed by atoms with Crippen LogP contribution in [0.5, 0.6) is 17.2 Å². The van der Waals surface area contributed by atoms with Crippen molar-refractivity contribution in [2.75, 3.05) is 52.8 Å². The number of rotatable bonds is 9. The summed E-state index contributed by atoms with van der Waals surface area (Å²) in [6.45, 7) is 6.82. The van der Waals surface area contributed by atoms with Gasteiger partial charge in [0.2, 0.25) is 5.95 Å². The first-order valence-electron chi connectivity index (χ1n) is 14.2. The van der Waals surface area contributed by atoms with E-state index in [0.717, 1.165) is 23.0 Å². The highest BCUT2D eigenvalue weighted by Gasteiger charge is 2.28. The molecule has 41 heavy (non-hydrogen) atoms. The first kappa shape index (κ1) is 29.7. The number of methoxy groups -OCH3 is 2. The van der Waals surface area contributed by atoms with Crippen LogP contribution >= 0.6 is 23.2 Å². The van der Waals surface area contributed by atoms with E-state index in [2.05, 4.69) is 50.3 Å². The summed E-state index contributed by atoms with van der Waals surface area (Å²) in [6, 6.07) is 8.95. The molecule has 2 aliphatic heterocycles. The van der Waals surface area contributed by atoms with Crippen LogP contribution < -0.4 is 19.5 Å². The van der Waals surface area contributed by atoms with Gasteiger partial charge in [-0.3, -0.25) is 0 Å². The molecule has 3 heterocycles. The molecule has 2 saturated heterocycles. The number of piperidine rings is 2. The van der Waals surface area contributed by atoms with E-state index in [1.54, 1.807) is 32.7 Å². The largest absolute Gasteiger partial charge is 0.495 e. The molecule has 2 fully saturated rings. The predicted molar refractivity (Wildman–Crippen MR) is 164 cm³/mol. The molecule has 2 aromatic carbocycles. The Morgan fingerprint density at radius 1 is 0.902 bits per heavy atom. The second-order valence-electron chi connectivity index (χ2n) is 11.0. The molecule has 0 unspecified atom stereocenters. The van der Waals surface area contributed by atoms with Crippen LogP contribution in [0.25, 0.3) is 0 Å². The standard InChI is InChI=1S/C31H39Cl2N5O3/c1-20-15-28(40-4)30(33)25(29(20)32)19-41-24-17-34-31(35-18-24)36-26-6-5-22(16-27(26)39-3)21-7-13-38(14-8-21)23-9-11-37(2)12-10-23/h5-6,15-18,21,23H,7-14,19H2,1-4H3,(H,34,35,36). The van der Waals surface area contributed by atoms with E-state index < -0.39 is 0 Å². The van der Waals surface area contributed by atoms with Crippen LogP contribution in [0.3, 0.4) is 0 Å². The molecule has 10 heteroatoms. The van der Waals surface area contributed by atoms with Gasteiger partial charge in [0, 0.05) is 11.6 Å². The Kier molecular flexibility index (Phi) is 9.75. The molecule has 0 bridgehead atoms. The van der Waals surface area contributed by atoms with Gasteiger partial charge in [0.05, 0.1) is 42.3 Å². The highest BCUT2D eigenvalue weighted by Crippen LogP contribution is 2.37. The summed E-state index contributed by atoms with van der Waals surface area (Å²) in [5.74, 6) is 2.83. The average molecular weight is 601 g/mol. The maximum absolute atomic E-state index is 6.46. The highest BCUT2D eigenvalue weighted by atomic mass is 35.5. The van der Waals surface area contributed by atoms with Gasteiger partial charge in [0.25, 0.3) is 0 Å². The smallest absolute Gasteiger partial charge is 0.227 e. The van der Waals surface area contributed by atoms with Crippen LogP contribution in [-0.4, -0.2) is 73.3 Å². The molecule has 3 aromatic rings.